The minimum Gasteiger partial charge on any atom is -0.480 e. The lowest BCUT2D eigenvalue weighted by molar-refractivity contribution is -0.167. The second kappa shape index (κ2) is 9.70. The number of carboxylic acid groups (broad SMARTS) is 1. The highest BCUT2D eigenvalue weighted by atomic mass is 16.5. The summed E-state index contributed by atoms with van der Waals surface area (Å²) in [6.07, 6.45) is -1.37. The molecule has 8 nitrogen and oxygen atoms in total. The van der Waals surface area contributed by atoms with Crippen LogP contribution in [-0.4, -0.2) is 65.9 Å². The van der Waals surface area contributed by atoms with Crippen LogP contribution in [-0.2, 0) is 19.1 Å². The van der Waals surface area contributed by atoms with E-state index in [4.69, 9.17) is 9.47 Å². The molecule has 4 rings (SSSR count). The molecular weight excluding hydrogens is 448 g/mol. The Morgan fingerprint density at radius 2 is 1.66 bits per heavy atom. The number of alkyl carbamates (subject to hydrolysis) is 1. The Balaban J connectivity index is 1.48. The van der Waals surface area contributed by atoms with Crippen molar-refractivity contribution in [2.75, 3.05) is 19.8 Å². The molecule has 0 spiro atoms. The Morgan fingerprint density at radius 1 is 1.09 bits per heavy atom. The largest absolute Gasteiger partial charge is 0.480 e. The first-order chi connectivity index (χ1) is 16.6. The van der Waals surface area contributed by atoms with Crippen molar-refractivity contribution < 1.29 is 29.0 Å². The molecule has 2 amide bonds. The maximum absolute atomic E-state index is 13.5. The second-order valence-electron chi connectivity index (χ2n) is 10.2. The molecule has 0 saturated carbocycles. The molecule has 1 saturated heterocycles. The van der Waals surface area contributed by atoms with E-state index in [1.165, 1.54) is 4.90 Å². The van der Waals surface area contributed by atoms with Gasteiger partial charge in [-0.05, 0) is 34.6 Å². The van der Waals surface area contributed by atoms with E-state index in [2.05, 4.69) is 17.4 Å². The lowest BCUT2D eigenvalue weighted by atomic mass is 9.85. The number of amides is 2. The topological polar surface area (TPSA) is 105 Å². The zero-order chi connectivity index (χ0) is 25.3. The third-order valence-corrected chi connectivity index (χ3v) is 6.75. The second-order valence-corrected chi connectivity index (χ2v) is 10.2. The van der Waals surface area contributed by atoms with Gasteiger partial charge in [0.05, 0.1) is 12.7 Å². The summed E-state index contributed by atoms with van der Waals surface area (Å²) in [6.45, 7) is 7.58. The van der Waals surface area contributed by atoms with Crippen molar-refractivity contribution in [3.05, 3.63) is 59.7 Å². The van der Waals surface area contributed by atoms with Crippen LogP contribution < -0.4 is 5.32 Å². The number of fused-ring (bicyclic) bond motifs is 3. The smallest absolute Gasteiger partial charge is 0.407 e. The Bertz CT molecular complexity index is 1080. The summed E-state index contributed by atoms with van der Waals surface area (Å²) in [5, 5.41) is 12.4. The van der Waals surface area contributed by atoms with Crippen LogP contribution in [0, 0.1) is 5.41 Å². The standard InChI is InChI=1S/C27H32N2O6/c1-16-22(25(31)32)29(13-14-34-16)24(30)23(27(2,3)4)28-26(33)35-15-21-19-11-7-5-9-17(19)18-10-6-8-12-20(18)21/h5-12,16,21-23H,13-15H2,1-4H3,(H,28,33)(H,31,32)/t16?,22?,23-/m1/s1. The molecule has 2 unspecified atom stereocenters. The molecule has 1 aliphatic carbocycles. The predicted molar refractivity (Wildman–Crippen MR) is 130 cm³/mol. The normalized spacial score (nSPS) is 20.5. The van der Waals surface area contributed by atoms with E-state index < -0.39 is 41.6 Å². The van der Waals surface area contributed by atoms with Crippen LogP contribution in [0.25, 0.3) is 11.1 Å². The minimum atomic E-state index is -1.14. The van der Waals surface area contributed by atoms with Crippen LogP contribution in [0.2, 0.25) is 0 Å². The van der Waals surface area contributed by atoms with Gasteiger partial charge in [-0.1, -0.05) is 69.3 Å². The number of nitrogens with one attached hydrogen (secondary N) is 1. The Hall–Kier alpha value is -3.39. The number of morpholine rings is 1. The van der Waals surface area contributed by atoms with Crippen LogP contribution in [0.3, 0.4) is 0 Å². The van der Waals surface area contributed by atoms with Gasteiger partial charge in [0, 0.05) is 12.5 Å². The molecule has 0 aromatic heterocycles. The molecule has 186 valence electrons. The van der Waals surface area contributed by atoms with Crippen molar-refractivity contribution in [1.82, 2.24) is 10.2 Å². The Kier molecular flexibility index (Phi) is 6.85. The number of carbonyl (C=O) groups excluding carboxylic acids is 2. The highest BCUT2D eigenvalue weighted by Crippen LogP contribution is 2.44. The van der Waals surface area contributed by atoms with Crippen LogP contribution >= 0.6 is 0 Å². The maximum Gasteiger partial charge on any atom is 0.407 e. The molecule has 35 heavy (non-hydrogen) atoms. The fraction of sp³-hybridized carbons (Fsp3) is 0.444. The molecule has 1 aliphatic heterocycles. The number of hydrogen-bond donors (Lipinski definition) is 2. The molecule has 3 atom stereocenters. The molecule has 0 bridgehead atoms. The van der Waals surface area contributed by atoms with Gasteiger partial charge in [-0.15, -0.1) is 0 Å². The van der Waals surface area contributed by atoms with Crippen molar-refractivity contribution in [3.63, 3.8) is 0 Å². The summed E-state index contributed by atoms with van der Waals surface area (Å²) in [7, 11) is 0. The number of carboxylic acids is 1. The van der Waals surface area contributed by atoms with Crippen LogP contribution in [0.15, 0.2) is 48.5 Å². The fourth-order valence-electron chi connectivity index (χ4n) is 4.97. The molecule has 1 heterocycles. The molecule has 8 heteroatoms. The predicted octanol–water partition coefficient (Wildman–Crippen LogP) is 3.64. The summed E-state index contributed by atoms with van der Waals surface area (Å²) in [5.41, 5.74) is 3.77. The van der Waals surface area contributed by atoms with Crippen LogP contribution in [0.4, 0.5) is 4.79 Å². The Labute approximate surface area is 205 Å². The molecule has 2 aromatic rings. The van der Waals surface area contributed by atoms with Crippen molar-refractivity contribution in [1.29, 1.82) is 0 Å². The first-order valence-corrected chi connectivity index (χ1v) is 11.9. The molecule has 2 aromatic carbocycles. The third kappa shape index (κ3) is 4.89. The van der Waals surface area contributed by atoms with Crippen LogP contribution in [0.1, 0.15) is 44.7 Å². The van der Waals surface area contributed by atoms with Gasteiger partial charge in [-0.3, -0.25) is 4.79 Å². The molecule has 2 N–H and O–H groups in total. The van der Waals surface area contributed by atoms with Gasteiger partial charge >= 0.3 is 12.1 Å². The van der Waals surface area contributed by atoms with E-state index in [0.29, 0.717) is 0 Å². The molecule has 1 fully saturated rings. The van der Waals surface area contributed by atoms with E-state index >= 15 is 0 Å². The summed E-state index contributed by atoms with van der Waals surface area (Å²) < 4.78 is 11.1. The number of rotatable bonds is 5. The maximum atomic E-state index is 13.5. The van der Waals surface area contributed by atoms with Gasteiger partial charge in [-0.25, -0.2) is 9.59 Å². The van der Waals surface area contributed by atoms with Gasteiger partial charge in [0.1, 0.15) is 12.6 Å². The quantitative estimate of drug-likeness (QED) is 0.677. The van der Waals surface area contributed by atoms with Crippen molar-refractivity contribution in [2.45, 2.75) is 51.8 Å². The fourth-order valence-corrected chi connectivity index (χ4v) is 4.97. The number of benzene rings is 2. The van der Waals surface area contributed by atoms with Crippen molar-refractivity contribution in [3.8, 4) is 11.1 Å². The van der Waals surface area contributed by atoms with E-state index in [1.807, 2.05) is 57.2 Å². The van der Waals surface area contributed by atoms with E-state index in [0.717, 1.165) is 22.3 Å². The average Bonchev–Trinajstić information content (AvgIpc) is 3.13. The van der Waals surface area contributed by atoms with Crippen molar-refractivity contribution >= 4 is 18.0 Å². The molecule has 0 radical (unpaired) electrons. The zero-order valence-corrected chi connectivity index (χ0v) is 20.5. The van der Waals surface area contributed by atoms with Gasteiger partial charge in [0.15, 0.2) is 6.04 Å². The summed E-state index contributed by atoms with van der Waals surface area (Å²) >= 11 is 0. The number of aliphatic carboxylic acids is 1. The van der Waals surface area contributed by atoms with E-state index in [-0.39, 0.29) is 25.7 Å². The average molecular weight is 481 g/mol. The first-order valence-electron chi connectivity index (χ1n) is 11.9. The first kappa shape index (κ1) is 24.7. The van der Waals surface area contributed by atoms with Gasteiger partial charge in [-0.2, -0.15) is 0 Å². The Morgan fingerprint density at radius 3 is 2.20 bits per heavy atom. The van der Waals surface area contributed by atoms with Gasteiger partial charge in [0.2, 0.25) is 5.91 Å². The molecule has 2 aliphatic rings. The number of hydrogen-bond acceptors (Lipinski definition) is 5. The lowest BCUT2D eigenvalue weighted by Gasteiger charge is -2.41. The third-order valence-electron chi connectivity index (χ3n) is 6.75. The number of carbonyl (C=O) groups is 3. The summed E-state index contributed by atoms with van der Waals surface area (Å²) in [4.78, 5) is 39.5. The lowest BCUT2D eigenvalue weighted by Crippen LogP contribution is -2.63. The minimum absolute atomic E-state index is 0.103. The highest BCUT2D eigenvalue weighted by molar-refractivity contribution is 5.90. The van der Waals surface area contributed by atoms with Gasteiger partial charge in [0.25, 0.3) is 0 Å². The summed E-state index contributed by atoms with van der Waals surface area (Å²) in [6, 6.07) is 14.0. The van der Waals surface area contributed by atoms with Gasteiger partial charge < -0.3 is 24.8 Å². The highest BCUT2D eigenvalue weighted by Gasteiger charge is 2.44. The SMILES string of the molecule is CC1OCCN(C(=O)[C@@H](NC(=O)OCC2c3ccccc3-c3ccccc32)C(C)(C)C)C1C(=O)O. The van der Waals surface area contributed by atoms with E-state index in [1.54, 1.807) is 6.92 Å². The molecular formula is C27H32N2O6. The van der Waals surface area contributed by atoms with Crippen LogP contribution in [0.5, 0.6) is 0 Å². The number of ether oxygens (including phenoxy) is 2. The number of nitrogens with zero attached hydrogens (tertiary/aromatic N) is 1. The van der Waals surface area contributed by atoms with Crippen molar-refractivity contribution in [2.24, 2.45) is 5.41 Å². The summed E-state index contributed by atoms with van der Waals surface area (Å²) in [5.74, 6) is -1.71. The zero-order valence-electron chi connectivity index (χ0n) is 20.5. The monoisotopic (exact) mass is 480 g/mol. The van der Waals surface area contributed by atoms with E-state index in [9.17, 15) is 19.5 Å².